The maximum atomic E-state index is 13.3. The van der Waals surface area contributed by atoms with Crippen LogP contribution in [0.25, 0.3) is 5.57 Å². The van der Waals surface area contributed by atoms with Crippen molar-refractivity contribution in [1.82, 2.24) is 0 Å². The molecule has 2 aromatic rings. The highest BCUT2D eigenvalue weighted by molar-refractivity contribution is 6.29. The van der Waals surface area contributed by atoms with E-state index in [1.807, 2.05) is 6.07 Å². The van der Waals surface area contributed by atoms with Crippen molar-refractivity contribution in [2.24, 2.45) is 5.92 Å². The first-order valence-corrected chi connectivity index (χ1v) is 9.11. The number of hydrogen-bond acceptors (Lipinski definition) is 5. The lowest BCUT2D eigenvalue weighted by atomic mass is 9.69. The Hall–Kier alpha value is -3.47. The molecule has 2 aromatic carbocycles. The summed E-state index contributed by atoms with van der Waals surface area (Å²) in [6.45, 7) is 1.80. The molecule has 0 radical (unpaired) electrons. The van der Waals surface area contributed by atoms with Gasteiger partial charge in [0.2, 0.25) is 0 Å². The molecule has 0 fully saturated rings. The molecule has 140 valence electrons. The van der Waals surface area contributed by atoms with Crippen molar-refractivity contribution in [3.63, 3.8) is 0 Å². The molecule has 0 heterocycles. The topological polar surface area (TPSA) is 80.7 Å². The quantitative estimate of drug-likeness (QED) is 0.824. The van der Waals surface area contributed by atoms with Gasteiger partial charge in [-0.25, -0.2) is 4.79 Å². The van der Waals surface area contributed by atoms with Crippen molar-refractivity contribution < 1.29 is 24.2 Å². The van der Waals surface area contributed by atoms with Crippen LogP contribution in [-0.4, -0.2) is 29.2 Å². The van der Waals surface area contributed by atoms with Crippen LogP contribution in [0, 0.1) is 5.92 Å². The Bertz CT molecular complexity index is 1060. The molecule has 0 amide bonds. The van der Waals surface area contributed by atoms with Crippen molar-refractivity contribution in [2.75, 3.05) is 6.61 Å². The summed E-state index contributed by atoms with van der Waals surface area (Å²) in [4.78, 5) is 39.1. The zero-order chi connectivity index (χ0) is 19.8. The Morgan fingerprint density at radius 2 is 1.68 bits per heavy atom. The van der Waals surface area contributed by atoms with Gasteiger partial charge in [0.25, 0.3) is 0 Å². The lowest BCUT2D eigenvalue weighted by molar-refractivity contribution is -0.138. The second-order valence-corrected chi connectivity index (χ2v) is 6.69. The SMILES string of the molecule is CCOC(=O)C1=C(O)CC2C(=O)c3ccccc3C(=O)C2=C1c1ccccc1. The number of aliphatic hydroxyl groups is 1. The van der Waals surface area contributed by atoms with Gasteiger partial charge in [-0.05, 0) is 12.5 Å². The van der Waals surface area contributed by atoms with Gasteiger partial charge in [0.05, 0.1) is 12.5 Å². The number of aliphatic hydroxyl groups excluding tert-OH is 1. The van der Waals surface area contributed by atoms with Crippen molar-refractivity contribution >= 4 is 23.1 Å². The highest BCUT2D eigenvalue weighted by atomic mass is 16.5. The number of carbonyl (C=O) groups excluding carboxylic acids is 3. The normalized spacial score (nSPS) is 18.7. The summed E-state index contributed by atoms with van der Waals surface area (Å²) in [7, 11) is 0. The van der Waals surface area contributed by atoms with Crippen LogP contribution in [-0.2, 0) is 9.53 Å². The number of ketones is 2. The van der Waals surface area contributed by atoms with E-state index in [0.29, 0.717) is 16.7 Å². The predicted octanol–water partition coefficient (Wildman–Crippen LogP) is 3.91. The van der Waals surface area contributed by atoms with E-state index in [1.54, 1.807) is 55.5 Å². The third-order valence-electron chi connectivity index (χ3n) is 5.09. The molecule has 2 aliphatic rings. The Morgan fingerprint density at radius 3 is 2.36 bits per heavy atom. The maximum absolute atomic E-state index is 13.3. The molecule has 0 spiro atoms. The summed E-state index contributed by atoms with van der Waals surface area (Å²) < 4.78 is 5.13. The summed E-state index contributed by atoms with van der Waals surface area (Å²) in [5, 5.41) is 10.7. The molecule has 0 aliphatic heterocycles. The first kappa shape index (κ1) is 17.9. The first-order chi connectivity index (χ1) is 13.5. The van der Waals surface area contributed by atoms with E-state index in [0.717, 1.165) is 0 Å². The van der Waals surface area contributed by atoms with Crippen LogP contribution < -0.4 is 0 Å². The summed E-state index contributed by atoms with van der Waals surface area (Å²) in [6.07, 6.45) is -0.0985. The van der Waals surface area contributed by atoms with Crippen LogP contribution in [0.1, 0.15) is 39.6 Å². The predicted molar refractivity (Wildman–Crippen MR) is 103 cm³/mol. The Balaban J connectivity index is 2.03. The van der Waals surface area contributed by atoms with Crippen LogP contribution >= 0.6 is 0 Å². The molecular formula is C23H18O5. The zero-order valence-electron chi connectivity index (χ0n) is 15.3. The van der Waals surface area contributed by atoms with Crippen molar-refractivity contribution in [3.8, 4) is 0 Å². The van der Waals surface area contributed by atoms with Gasteiger partial charge in [-0.1, -0.05) is 54.6 Å². The summed E-state index contributed by atoms with van der Waals surface area (Å²) in [5.41, 5.74) is 1.73. The number of fused-ring (bicyclic) bond motifs is 2. The van der Waals surface area contributed by atoms with Gasteiger partial charge in [0.15, 0.2) is 11.6 Å². The lowest BCUT2D eigenvalue weighted by Crippen LogP contribution is -2.34. The molecule has 5 heteroatoms. The molecule has 0 saturated carbocycles. The maximum Gasteiger partial charge on any atom is 0.342 e. The van der Waals surface area contributed by atoms with Crippen LogP contribution in [0.15, 0.2) is 71.5 Å². The van der Waals surface area contributed by atoms with Crippen LogP contribution in [0.3, 0.4) is 0 Å². The molecule has 5 nitrogen and oxygen atoms in total. The highest BCUT2D eigenvalue weighted by Crippen LogP contribution is 2.45. The monoisotopic (exact) mass is 374 g/mol. The second-order valence-electron chi connectivity index (χ2n) is 6.69. The third kappa shape index (κ3) is 2.67. The molecule has 1 atom stereocenters. The summed E-state index contributed by atoms with van der Waals surface area (Å²) >= 11 is 0. The molecule has 4 rings (SSSR count). The van der Waals surface area contributed by atoms with E-state index in [-0.39, 0.29) is 47.1 Å². The van der Waals surface area contributed by atoms with E-state index < -0.39 is 11.9 Å². The van der Waals surface area contributed by atoms with Gasteiger partial charge in [-0.15, -0.1) is 0 Å². The highest BCUT2D eigenvalue weighted by Gasteiger charge is 2.44. The summed E-state index contributed by atoms with van der Waals surface area (Å²) in [6, 6.07) is 15.5. The molecule has 1 unspecified atom stereocenters. The lowest BCUT2D eigenvalue weighted by Gasteiger charge is -2.32. The molecular weight excluding hydrogens is 356 g/mol. The number of Topliss-reactive ketones (excluding diaryl/α,β-unsaturated/α-hetero) is 2. The Labute approximate surface area is 162 Å². The second kappa shape index (κ2) is 6.93. The number of carbonyl (C=O) groups is 3. The summed E-state index contributed by atoms with van der Waals surface area (Å²) in [5.74, 6) is -2.28. The molecule has 2 aliphatic carbocycles. The van der Waals surface area contributed by atoms with E-state index in [2.05, 4.69) is 0 Å². The fourth-order valence-electron chi connectivity index (χ4n) is 3.90. The third-order valence-corrected chi connectivity index (χ3v) is 5.09. The Kier molecular flexibility index (Phi) is 4.43. The zero-order valence-corrected chi connectivity index (χ0v) is 15.3. The number of rotatable bonds is 3. The molecule has 0 bridgehead atoms. The number of benzene rings is 2. The van der Waals surface area contributed by atoms with Crippen molar-refractivity contribution in [1.29, 1.82) is 0 Å². The van der Waals surface area contributed by atoms with Gasteiger partial charge >= 0.3 is 5.97 Å². The van der Waals surface area contributed by atoms with E-state index >= 15 is 0 Å². The minimum atomic E-state index is -0.823. The number of hydrogen-bond donors (Lipinski definition) is 1. The molecule has 0 saturated heterocycles. The largest absolute Gasteiger partial charge is 0.511 e. The fourth-order valence-corrected chi connectivity index (χ4v) is 3.90. The average molecular weight is 374 g/mol. The number of ether oxygens (including phenoxy) is 1. The van der Waals surface area contributed by atoms with Crippen molar-refractivity contribution in [2.45, 2.75) is 13.3 Å². The smallest absolute Gasteiger partial charge is 0.342 e. The van der Waals surface area contributed by atoms with Gasteiger partial charge in [-0.2, -0.15) is 0 Å². The molecule has 1 N–H and O–H groups in total. The van der Waals surface area contributed by atoms with Crippen molar-refractivity contribution in [3.05, 3.63) is 88.2 Å². The van der Waals surface area contributed by atoms with Gasteiger partial charge in [-0.3, -0.25) is 9.59 Å². The Morgan fingerprint density at radius 1 is 1.04 bits per heavy atom. The first-order valence-electron chi connectivity index (χ1n) is 9.11. The molecule has 0 aromatic heterocycles. The standard InChI is InChI=1S/C23H18O5/c1-2-28-23(27)20-17(24)12-16-19(18(20)13-8-4-3-5-9-13)22(26)15-11-7-6-10-14(15)21(16)25/h3-11,16,24H,2,12H2,1H3. The van der Waals surface area contributed by atoms with Crippen LogP contribution in [0.2, 0.25) is 0 Å². The van der Waals surface area contributed by atoms with Crippen LogP contribution in [0.4, 0.5) is 0 Å². The fraction of sp³-hybridized carbons (Fsp3) is 0.174. The van der Waals surface area contributed by atoms with E-state index in [1.165, 1.54) is 0 Å². The van der Waals surface area contributed by atoms with Gasteiger partial charge in [0, 0.05) is 28.7 Å². The minimum Gasteiger partial charge on any atom is -0.511 e. The number of esters is 1. The van der Waals surface area contributed by atoms with E-state index in [9.17, 15) is 19.5 Å². The number of allylic oxidation sites excluding steroid dienone is 2. The van der Waals surface area contributed by atoms with Crippen LogP contribution in [0.5, 0.6) is 0 Å². The minimum absolute atomic E-state index is 0.0418. The van der Waals surface area contributed by atoms with Gasteiger partial charge < -0.3 is 9.84 Å². The van der Waals surface area contributed by atoms with Gasteiger partial charge in [0.1, 0.15) is 11.3 Å². The van der Waals surface area contributed by atoms with E-state index in [4.69, 9.17) is 4.74 Å². The average Bonchev–Trinajstić information content (AvgIpc) is 2.72. The molecule has 28 heavy (non-hydrogen) atoms.